The Labute approximate surface area is 208 Å². The fourth-order valence-corrected chi connectivity index (χ4v) is 4.70. The van der Waals surface area contributed by atoms with Crippen LogP contribution in [0.4, 0.5) is 0 Å². The molecule has 0 aliphatic rings. The molecule has 0 bridgehead atoms. The second kappa shape index (κ2) is 18.3. The van der Waals surface area contributed by atoms with Crippen molar-refractivity contribution in [2.75, 3.05) is 6.54 Å². The maximum atomic E-state index is 11.6. The summed E-state index contributed by atoms with van der Waals surface area (Å²) in [5.41, 5.74) is 2.32. The van der Waals surface area contributed by atoms with E-state index in [2.05, 4.69) is 41.1 Å². The van der Waals surface area contributed by atoms with E-state index in [4.69, 9.17) is 4.98 Å². The number of allylic oxidation sites excluding steroid dienone is 1. The van der Waals surface area contributed by atoms with Crippen molar-refractivity contribution in [1.29, 1.82) is 0 Å². The van der Waals surface area contributed by atoms with Gasteiger partial charge in [-0.05, 0) is 38.0 Å². The average Bonchev–Trinajstić information content (AvgIpc) is 3.19. The predicted molar refractivity (Wildman–Crippen MR) is 146 cm³/mol. The summed E-state index contributed by atoms with van der Waals surface area (Å²) in [5, 5.41) is 2.94. The molecule has 1 amide bonds. The van der Waals surface area contributed by atoms with Crippen molar-refractivity contribution in [3.63, 3.8) is 0 Å². The summed E-state index contributed by atoms with van der Waals surface area (Å²) in [7, 11) is 0. The molecule has 1 aromatic carbocycles. The van der Waals surface area contributed by atoms with E-state index in [1.807, 2.05) is 6.92 Å². The zero-order valence-corrected chi connectivity index (χ0v) is 22.0. The summed E-state index contributed by atoms with van der Waals surface area (Å²) in [6.07, 6.45) is 24.5. The van der Waals surface area contributed by atoms with E-state index in [-0.39, 0.29) is 5.91 Å². The Balaban J connectivity index is 1.61. The van der Waals surface area contributed by atoms with Crippen molar-refractivity contribution in [1.82, 2.24) is 14.9 Å². The van der Waals surface area contributed by atoms with Crippen molar-refractivity contribution < 1.29 is 4.79 Å². The highest BCUT2D eigenvalue weighted by Crippen LogP contribution is 2.19. The number of unbranched alkanes of at least 4 members (excludes halogenated alkanes) is 13. The van der Waals surface area contributed by atoms with Gasteiger partial charge in [0.2, 0.25) is 5.91 Å². The number of hydrogen-bond donors (Lipinski definition) is 1. The molecule has 4 nitrogen and oxygen atoms in total. The Bertz CT molecular complexity index is 824. The van der Waals surface area contributed by atoms with Gasteiger partial charge in [-0.25, -0.2) is 4.98 Å². The number of aryl methyl sites for hydroxylation is 2. The Hall–Kier alpha value is -2.10. The van der Waals surface area contributed by atoms with Gasteiger partial charge in [0.25, 0.3) is 0 Å². The average molecular weight is 468 g/mol. The summed E-state index contributed by atoms with van der Waals surface area (Å²) < 4.78 is 2.41. The summed E-state index contributed by atoms with van der Waals surface area (Å²) in [4.78, 5) is 16.5. The molecule has 1 N–H and O–H groups in total. The van der Waals surface area contributed by atoms with Crippen LogP contribution >= 0.6 is 0 Å². The topological polar surface area (TPSA) is 46.9 Å². The van der Waals surface area contributed by atoms with Crippen molar-refractivity contribution >= 4 is 16.9 Å². The smallest absolute Gasteiger partial charge is 0.243 e. The third kappa shape index (κ3) is 11.4. The van der Waals surface area contributed by atoms with Crippen LogP contribution in [0.15, 0.2) is 36.4 Å². The van der Waals surface area contributed by atoms with Crippen LogP contribution in [0.2, 0.25) is 0 Å². The third-order valence-electron chi connectivity index (χ3n) is 6.66. The quantitative estimate of drug-likeness (QED) is 0.158. The van der Waals surface area contributed by atoms with E-state index in [0.29, 0.717) is 6.54 Å². The number of benzene rings is 1. The lowest BCUT2D eigenvalue weighted by Gasteiger charge is -2.10. The molecular formula is C30H49N3O. The molecule has 4 heteroatoms. The SMILES string of the molecule is C/C=C\C(=O)NCCCc1nc2ccccc2n1CCCCCCCCCCCCCCCC. The van der Waals surface area contributed by atoms with E-state index in [0.717, 1.165) is 30.7 Å². The molecule has 34 heavy (non-hydrogen) atoms. The number of amides is 1. The molecule has 190 valence electrons. The number of nitrogens with one attached hydrogen (secondary N) is 1. The molecule has 0 aliphatic heterocycles. The van der Waals surface area contributed by atoms with Crippen molar-refractivity contribution in [2.24, 2.45) is 0 Å². The molecule has 0 radical (unpaired) electrons. The van der Waals surface area contributed by atoms with E-state index in [1.54, 1.807) is 12.2 Å². The van der Waals surface area contributed by atoms with E-state index in [1.165, 1.54) is 95.4 Å². The number of imidazole rings is 1. The Morgan fingerprint density at radius 1 is 0.853 bits per heavy atom. The number of carbonyl (C=O) groups is 1. The molecule has 0 atom stereocenters. The first kappa shape index (κ1) is 28.1. The Kier molecular flexibility index (Phi) is 15.1. The standard InChI is InChI=1S/C30H49N3O/c1-3-5-6-7-8-9-10-11-12-13-14-15-16-19-26-33-28-23-18-17-22-27(28)32-29(33)24-20-25-31-30(34)21-4-2/h4,17-18,21-23H,3,5-16,19-20,24-26H2,1-2H3,(H,31,34)/b21-4-. The first-order valence-corrected chi connectivity index (χ1v) is 14.1. The number of rotatable bonds is 20. The maximum Gasteiger partial charge on any atom is 0.243 e. The Morgan fingerprint density at radius 3 is 2.06 bits per heavy atom. The predicted octanol–water partition coefficient (Wildman–Crippen LogP) is 8.14. The van der Waals surface area contributed by atoms with Crippen LogP contribution in [0, 0.1) is 0 Å². The first-order chi connectivity index (χ1) is 16.8. The van der Waals surface area contributed by atoms with Gasteiger partial charge in [-0.3, -0.25) is 4.79 Å². The van der Waals surface area contributed by atoms with Gasteiger partial charge in [-0.2, -0.15) is 0 Å². The Morgan fingerprint density at radius 2 is 1.44 bits per heavy atom. The number of carbonyl (C=O) groups excluding carboxylic acids is 1. The van der Waals surface area contributed by atoms with Crippen molar-refractivity contribution in [3.8, 4) is 0 Å². The van der Waals surface area contributed by atoms with Gasteiger partial charge < -0.3 is 9.88 Å². The number of para-hydroxylation sites is 2. The zero-order chi connectivity index (χ0) is 24.3. The number of hydrogen-bond acceptors (Lipinski definition) is 2. The highest BCUT2D eigenvalue weighted by Gasteiger charge is 2.10. The molecule has 0 saturated carbocycles. The van der Waals surface area contributed by atoms with E-state index >= 15 is 0 Å². The highest BCUT2D eigenvalue weighted by atomic mass is 16.1. The normalized spacial score (nSPS) is 11.6. The van der Waals surface area contributed by atoms with Gasteiger partial charge in [0.1, 0.15) is 5.82 Å². The van der Waals surface area contributed by atoms with Crippen molar-refractivity contribution in [3.05, 3.63) is 42.2 Å². The largest absolute Gasteiger partial charge is 0.353 e. The second-order valence-corrected chi connectivity index (χ2v) is 9.66. The number of nitrogens with zero attached hydrogens (tertiary/aromatic N) is 2. The molecule has 0 fully saturated rings. The van der Waals surface area contributed by atoms with Crippen LogP contribution in [-0.4, -0.2) is 22.0 Å². The third-order valence-corrected chi connectivity index (χ3v) is 6.66. The van der Waals surface area contributed by atoms with Crippen LogP contribution in [0.1, 0.15) is 116 Å². The monoisotopic (exact) mass is 467 g/mol. The lowest BCUT2D eigenvalue weighted by atomic mass is 10.0. The van der Waals surface area contributed by atoms with Gasteiger partial charge in [-0.1, -0.05) is 109 Å². The molecule has 0 aliphatic carbocycles. The summed E-state index contributed by atoms with van der Waals surface area (Å²) >= 11 is 0. The molecule has 1 heterocycles. The van der Waals surface area contributed by atoms with Gasteiger partial charge in [0.15, 0.2) is 0 Å². The van der Waals surface area contributed by atoms with E-state index < -0.39 is 0 Å². The maximum absolute atomic E-state index is 11.6. The minimum absolute atomic E-state index is 0.0154. The molecule has 0 saturated heterocycles. The number of aromatic nitrogens is 2. The zero-order valence-electron chi connectivity index (χ0n) is 22.0. The van der Waals surface area contributed by atoms with Crippen LogP contribution in [0.3, 0.4) is 0 Å². The molecule has 0 unspecified atom stereocenters. The number of fused-ring (bicyclic) bond motifs is 1. The molecule has 2 rings (SSSR count). The van der Waals surface area contributed by atoms with Crippen LogP contribution in [0.25, 0.3) is 11.0 Å². The van der Waals surface area contributed by atoms with Gasteiger partial charge in [0, 0.05) is 19.5 Å². The van der Waals surface area contributed by atoms with E-state index in [9.17, 15) is 4.79 Å². The van der Waals surface area contributed by atoms with Crippen LogP contribution in [-0.2, 0) is 17.8 Å². The minimum atomic E-state index is -0.0154. The fourth-order valence-electron chi connectivity index (χ4n) is 4.70. The van der Waals surface area contributed by atoms with Crippen LogP contribution in [0.5, 0.6) is 0 Å². The van der Waals surface area contributed by atoms with Gasteiger partial charge >= 0.3 is 0 Å². The highest BCUT2D eigenvalue weighted by molar-refractivity contribution is 5.87. The lowest BCUT2D eigenvalue weighted by Crippen LogP contribution is -2.22. The summed E-state index contributed by atoms with van der Waals surface area (Å²) in [6.45, 7) is 5.87. The summed E-state index contributed by atoms with van der Waals surface area (Å²) in [5.74, 6) is 1.13. The first-order valence-electron chi connectivity index (χ1n) is 14.1. The van der Waals surface area contributed by atoms with Gasteiger partial charge in [-0.15, -0.1) is 0 Å². The van der Waals surface area contributed by atoms with Crippen LogP contribution < -0.4 is 5.32 Å². The molecule has 2 aromatic rings. The molecule has 0 spiro atoms. The lowest BCUT2D eigenvalue weighted by molar-refractivity contribution is -0.116. The minimum Gasteiger partial charge on any atom is -0.353 e. The second-order valence-electron chi connectivity index (χ2n) is 9.66. The van der Waals surface area contributed by atoms with Gasteiger partial charge in [0.05, 0.1) is 11.0 Å². The summed E-state index contributed by atoms with van der Waals surface area (Å²) in [6, 6.07) is 8.46. The fraction of sp³-hybridized carbons (Fsp3) is 0.667. The van der Waals surface area contributed by atoms with Crippen molar-refractivity contribution in [2.45, 2.75) is 123 Å². The molecular weight excluding hydrogens is 418 g/mol. The molecule has 1 aromatic heterocycles.